The molecule has 150 valence electrons. The summed E-state index contributed by atoms with van der Waals surface area (Å²) in [6.07, 6.45) is 1.02. The van der Waals surface area contributed by atoms with Crippen LogP contribution in [0.2, 0.25) is 0 Å². The molecule has 0 radical (unpaired) electrons. The Bertz CT molecular complexity index is 1020. The molecule has 3 aromatic rings. The molecule has 1 fully saturated rings. The zero-order valence-corrected chi connectivity index (χ0v) is 17.6. The standard InChI is InChI=1S/C21H21BrFN5O/c1-14-25-20(26-28(14)18-7-5-17(23)6-8-18)21(29)24-12-15-9-10-27(13-15)19-4-2-3-16(22)11-19/h2-8,11,15H,9-10,12-13H2,1H3,(H,24,29). The van der Waals surface area contributed by atoms with Crippen LogP contribution in [0.15, 0.2) is 53.0 Å². The minimum absolute atomic E-state index is 0.119. The van der Waals surface area contributed by atoms with Gasteiger partial charge in [0.2, 0.25) is 5.82 Å². The van der Waals surface area contributed by atoms with E-state index < -0.39 is 0 Å². The molecule has 4 rings (SSSR count). The first-order valence-corrected chi connectivity index (χ1v) is 10.3. The van der Waals surface area contributed by atoms with Crippen LogP contribution in [-0.2, 0) is 0 Å². The quantitative estimate of drug-likeness (QED) is 0.633. The van der Waals surface area contributed by atoms with Gasteiger partial charge in [-0.15, -0.1) is 5.10 Å². The topological polar surface area (TPSA) is 63.1 Å². The zero-order valence-electron chi connectivity index (χ0n) is 16.0. The fourth-order valence-corrected chi connectivity index (χ4v) is 3.92. The van der Waals surface area contributed by atoms with Gasteiger partial charge in [-0.2, -0.15) is 0 Å². The molecule has 1 aliphatic rings. The number of rotatable bonds is 5. The first-order chi connectivity index (χ1) is 14.0. The van der Waals surface area contributed by atoms with E-state index in [9.17, 15) is 9.18 Å². The highest BCUT2D eigenvalue weighted by molar-refractivity contribution is 9.10. The van der Waals surface area contributed by atoms with Crippen LogP contribution in [0.1, 0.15) is 22.9 Å². The lowest BCUT2D eigenvalue weighted by molar-refractivity contribution is 0.0938. The summed E-state index contributed by atoms with van der Waals surface area (Å²) < 4.78 is 15.7. The lowest BCUT2D eigenvalue weighted by Crippen LogP contribution is -2.31. The summed E-state index contributed by atoms with van der Waals surface area (Å²) in [5.74, 6) is 0.447. The van der Waals surface area contributed by atoms with Gasteiger partial charge in [0, 0.05) is 29.8 Å². The summed E-state index contributed by atoms with van der Waals surface area (Å²) in [6, 6.07) is 14.2. The van der Waals surface area contributed by atoms with Gasteiger partial charge in [0.15, 0.2) is 0 Å². The molecule has 1 unspecified atom stereocenters. The van der Waals surface area contributed by atoms with Crippen molar-refractivity contribution in [3.05, 3.63) is 70.5 Å². The number of aromatic nitrogens is 3. The minimum atomic E-state index is -0.321. The predicted molar refractivity (Wildman–Crippen MR) is 113 cm³/mol. The summed E-state index contributed by atoms with van der Waals surface area (Å²) in [5, 5.41) is 7.23. The number of halogens is 2. The third kappa shape index (κ3) is 4.48. The second-order valence-corrected chi connectivity index (χ2v) is 8.08. The summed E-state index contributed by atoms with van der Waals surface area (Å²) in [4.78, 5) is 19.1. The largest absolute Gasteiger partial charge is 0.371 e. The number of carbonyl (C=O) groups is 1. The second kappa shape index (κ2) is 8.32. The molecule has 2 heterocycles. The lowest BCUT2D eigenvalue weighted by atomic mass is 10.1. The molecule has 0 aliphatic carbocycles. The van der Waals surface area contributed by atoms with Crippen molar-refractivity contribution in [3.63, 3.8) is 0 Å². The molecule has 0 spiro atoms. The fraction of sp³-hybridized carbons (Fsp3) is 0.286. The van der Waals surface area contributed by atoms with E-state index in [1.165, 1.54) is 17.8 Å². The molecule has 2 aromatic carbocycles. The molecule has 8 heteroatoms. The Kier molecular flexibility index (Phi) is 5.62. The highest BCUT2D eigenvalue weighted by Crippen LogP contribution is 2.26. The Morgan fingerprint density at radius 3 is 2.79 bits per heavy atom. The third-order valence-electron chi connectivity index (χ3n) is 5.05. The van der Waals surface area contributed by atoms with Gasteiger partial charge in [-0.1, -0.05) is 22.0 Å². The normalized spacial score (nSPS) is 16.2. The molecule has 1 aromatic heterocycles. The van der Waals surface area contributed by atoms with Crippen molar-refractivity contribution in [1.82, 2.24) is 20.1 Å². The average molecular weight is 458 g/mol. The van der Waals surface area contributed by atoms with Gasteiger partial charge in [-0.05, 0) is 61.7 Å². The summed E-state index contributed by atoms with van der Waals surface area (Å²) in [6.45, 7) is 4.20. The molecule has 1 aliphatic heterocycles. The Hall–Kier alpha value is -2.74. The van der Waals surface area contributed by atoms with Crippen LogP contribution in [0.4, 0.5) is 10.1 Å². The van der Waals surface area contributed by atoms with Gasteiger partial charge in [-0.25, -0.2) is 14.1 Å². The highest BCUT2D eigenvalue weighted by Gasteiger charge is 2.24. The van der Waals surface area contributed by atoms with Crippen LogP contribution < -0.4 is 10.2 Å². The number of aryl methyl sites for hydroxylation is 1. The lowest BCUT2D eigenvalue weighted by Gasteiger charge is -2.19. The Labute approximate surface area is 176 Å². The van der Waals surface area contributed by atoms with E-state index in [2.05, 4.69) is 48.4 Å². The fourth-order valence-electron chi connectivity index (χ4n) is 3.54. The van der Waals surface area contributed by atoms with Gasteiger partial charge in [-0.3, -0.25) is 4.79 Å². The Morgan fingerprint density at radius 1 is 1.24 bits per heavy atom. The van der Waals surface area contributed by atoms with E-state index in [-0.39, 0.29) is 17.5 Å². The van der Waals surface area contributed by atoms with Crippen molar-refractivity contribution < 1.29 is 9.18 Å². The number of hydrogen-bond donors (Lipinski definition) is 1. The number of benzene rings is 2. The SMILES string of the molecule is Cc1nc(C(=O)NCC2CCN(c3cccc(Br)c3)C2)nn1-c1ccc(F)cc1. The van der Waals surface area contributed by atoms with Crippen molar-refractivity contribution in [2.24, 2.45) is 5.92 Å². The van der Waals surface area contributed by atoms with Gasteiger partial charge >= 0.3 is 0 Å². The van der Waals surface area contributed by atoms with Crippen LogP contribution in [0.5, 0.6) is 0 Å². The molecule has 1 N–H and O–H groups in total. The molecular weight excluding hydrogens is 437 g/mol. The van der Waals surface area contributed by atoms with E-state index in [1.54, 1.807) is 23.7 Å². The highest BCUT2D eigenvalue weighted by atomic mass is 79.9. The van der Waals surface area contributed by atoms with Crippen LogP contribution in [0.3, 0.4) is 0 Å². The number of carbonyl (C=O) groups excluding carboxylic acids is 1. The maximum absolute atomic E-state index is 13.1. The van der Waals surface area contributed by atoms with Crippen molar-refractivity contribution >= 4 is 27.5 Å². The van der Waals surface area contributed by atoms with Crippen LogP contribution >= 0.6 is 15.9 Å². The molecule has 1 atom stereocenters. The van der Waals surface area contributed by atoms with Gasteiger partial charge < -0.3 is 10.2 Å². The Morgan fingerprint density at radius 2 is 2.03 bits per heavy atom. The molecular formula is C21H21BrFN5O. The van der Waals surface area contributed by atoms with Crippen molar-refractivity contribution in [2.75, 3.05) is 24.5 Å². The van der Waals surface area contributed by atoms with E-state index in [0.717, 1.165) is 24.0 Å². The molecule has 0 bridgehead atoms. The van der Waals surface area contributed by atoms with Crippen molar-refractivity contribution in [1.29, 1.82) is 0 Å². The number of nitrogens with one attached hydrogen (secondary N) is 1. The average Bonchev–Trinajstić information content (AvgIpc) is 3.34. The molecule has 6 nitrogen and oxygen atoms in total. The van der Waals surface area contributed by atoms with E-state index in [0.29, 0.717) is 24.0 Å². The molecule has 1 saturated heterocycles. The monoisotopic (exact) mass is 457 g/mol. The van der Waals surface area contributed by atoms with Crippen LogP contribution in [0.25, 0.3) is 5.69 Å². The molecule has 1 amide bonds. The summed E-state index contributed by atoms with van der Waals surface area (Å²) >= 11 is 3.51. The van der Waals surface area contributed by atoms with Crippen LogP contribution in [-0.4, -0.2) is 40.3 Å². The number of amides is 1. The Balaban J connectivity index is 1.36. The van der Waals surface area contributed by atoms with Gasteiger partial charge in [0.1, 0.15) is 11.6 Å². The first-order valence-electron chi connectivity index (χ1n) is 9.48. The van der Waals surface area contributed by atoms with E-state index >= 15 is 0 Å². The van der Waals surface area contributed by atoms with E-state index in [4.69, 9.17) is 0 Å². The third-order valence-corrected chi connectivity index (χ3v) is 5.55. The van der Waals surface area contributed by atoms with Gasteiger partial charge in [0.25, 0.3) is 5.91 Å². The maximum atomic E-state index is 13.1. The molecule has 29 heavy (non-hydrogen) atoms. The van der Waals surface area contributed by atoms with Crippen molar-refractivity contribution in [3.8, 4) is 5.69 Å². The van der Waals surface area contributed by atoms with E-state index in [1.807, 2.05) is 12.1 Å². The number of anilines is 1. The second-order valence-electron chi connectivity index (χ2n) is 7.16. The van der Waals surface area contributed by atoms with Crippen molar-refractivity contribution in [2.45, 2.75) is 13.3 Å². The number of hydrogen-bond acceptors (Lipinski definition) is 4. The zero-order chi connectivity index (χ0) is 20.4. The van der Waals surface area contributed by atoms with Crippen LogP contribution in [0, 0.1) is 18.7 Å². The summed E-state index contributed by atoms with van der Waals surface area (Å²) in [7, 11) is 0. The number of nitrogens with zero attached hydrogens (tertiary/aromatic N) is 4. The maximum Gasteiger partial charge on any atom is 0.290 e. The minimum Gasteiger partial charge on any atom is -0.371 e. The predicted octanol–water partition coefficient (Wildman–Crippen LogP) is 3.73. The smallest absolute Gasteiger partial charge is 0.290 e. The summed E-state index contributed by atoms with van der Waals surface area (Å²) in [5.41, 5.74) is 1.85. The van der Waals surface area contributed by atoms with Gasteiger partial charge in [0.05, 0.1) is 5.69 Å². The molecule has 0 saturated carbocycles. The first kappa shape index (κ1) is 19.6.